The summed E-state index contributed by atoms with van der Waals surface area (Å²) in [5.41, 5.74) is 21.2. The van der Waals surface area contributed by atoms with E-state index in [0.717, 1.165) is 12.8 Å². The summed E-state index contributed by atoms with van der Waals surface area (Å²) in [4.78, 5) is 2.46. The number of nitrogens with zero attached hydrogens (tertiary/aromatic N) is 2. The minimum absolute atomic E-state index is 0.0583. The zero-order valence-corrected chi connectivity index (χ0v) is 33.7. The Bertz CT molecular complexity index is 3160. The van der Waals surface area contributed by atoms with Crippen LogP contribution in [0.4, 0.5) is 11.4 Å². The summed E-state index contributed by atoms with van der Waals surface area (Å²) in [6, 6.07) is 49.1. The molecule has 8 aromatic rings. The lowest BCUT2D eigenvalue weighted by molar-refractivity contribution is 0.594. The van der Waals surface area contributed by atoms with E-state index in [9.17, 15) is 0 Å². The lowest BCUT2D eigenvalue weighted by Gasteiger charge is -2.42. The molecule has 2 heteroatoms. The molecule has 0 N–H and O–H groups in total. The van der Waals surface area contributed by atoms with Crippen LogP contribution in [-0.4, -0.2) is 4.57 Å². The van der Waals surface area contributed by atoms with Crippen LogP contribution >= 0.6 is 0 Å². The van der Waals surface area contributed by atoms with Crippen molar-refractivity contribution in [1.82, 2.24) is 4.57 Å². The SMILES string of the molecule is CC1(C)c2ccccc2-c2ccc(N(C3=CCCC=C3)c3ccc4cc(-c5cc6c7c(c5)c5cccc8c5n7-c5c(cccc5C6(C)C)C8(C)C)ccc4c3)cc21. The normalized spacial score (nSPS) is 17.3. The van der Waals surface area contributed by atoms with Crippen molar-refractivity contribution in [3.8, 4) is 27.9 Å². The molecular formula is C55H46N2. The van der Waals surface area contributed by atoms with Crippen molar-refractivity contribution in [1.29, 1.82) is 0 Å². The smallest absolute Gasteiger partial charge is 0.0582 e. The van der Waals surface area contributed by atoms with E-state index in [1.54, 1.807) is 0 Å². The van der Waals surface area contributed by atoms with Crippen LogP contribution in [0.2, 0.25) is 0 Å². The minimum Gasteiger partial charge on any atom is -0.311 e. The number of benzene rings is 7. The van der Waals surface area contributed by atoms with Crippen LogP contribution in [0, 0.1) is 0 Å². The third-order valence-corrected chi connectivity index (χ3v) is 14.3. The number of fused-ring (bicyclic) bond motifs is 5. The van der Waals surface area contributed by atoms with Crippen LogP contribution in [0.5, 0.6) is 0 Å². The summed E-state index contributed by atoms with van der Waals surface area (Å²) < 4.78 is 2.62. The lowest BCUT2D eigenvalue weighted by atomic mass is 9.68. The van der Waals surface area contributed by atoms with Gasteiger partial charge in [0, 0.05) is 44.1 Å². The van der Waals surface area contributed by atoms with E-state index in [0.29, 0.717) is 0 Å². The Morgan fingerprint density at radius 2 is 1.12 bits per heavy atom. The fraction of sp³-hybridized carbons (Fsp3) is 0.200. The van der Waals surface area contributed by atoms with E-state index in [1.165, 1.54) is 111 Å². The minimum atomic E-state index is -0.148. The van der Waals surface area contributed by atoms with Crippen LogP contribution in [-0.2, 0) is 16.2 Å². The Labute approximate surface area is 335 Å². The lowest BCUT2D eigenvalue weighted by Crippen LogP contribution is -2.33. The van der Waals surface area contributed by atoms with Gasteiger partial charge in [-0.2, -0.15) is 0 Å². The van der Waals surface area contributed by atoms with Crippen LogP contribution < -0.4 is 4.90 Å². The molecule has 2 nitrogen and oxygen atoms in total. The van der Waals surface area contributed by atoms with Gasteiger partial charge in [0.25, 0.3) is 0 Å². The molecule has 0 saturated carbocycles. The summed E-state index contributed by atoms with van der Waals surface area (Å²) in [5, 5.41) is 5.20. The zero-order chi connectivity index (χ0) is 38.6. The second-order valence-electron chi connectivity index (χ2n) is 18.5. The van der Waals surface area contributed by atoms with Gasteiger partial charge in [-0.1, -0.05) is 139 Å². The molecular weight excluding hydrogens is 689 g/mol. The average Bonchev–Trinajstić information content (AvgIpc) is 3.68. The number of para-hydroxylation sites is 2. The van der Waals surface area contributed by atoms with Crippen LogP contribution in [0.1, 0.15) is 87.8 Å². The third-order valence-electron chi connectivity index (χ3n) is 14.3. The molecule has 0 saturated heterocycles. The van der Waals surface area contributed by atoms with E-state index in [1.807, 2.05) is 0 Å². The van der Waals surface area contributed by atoms with Crippen LogP contribution in [0.3, 0.4) is 0 Å². The second-order valence-corrected chi connectivity index (χ2v) is 18.5. The fourth-order valence-corrected chi connectivity index (χ4v) is 11.2. The van der Waals surface area contributed by atoms with E-state index in [-0.39, 0.29) is 16.2 Å². The highest BCUT2D eigenvalue weighted by molar-refractivity contribution is 6.15. The molecule has 4 aliphatic rings. The van der Waals surface area contributed by atoms with Gasteiger partial charge in [0.2, 0.25) is 0 Å². The number of hydrogen-bond acceptors (Lipinski definition) is 1. The highest BCUT2D eigenvalue weighted by atomic mass is 15.1. The largest absolute Gasteiger partial charge is 0.311 e. The molecule has 12 rings (SSSR count). The molecule has 57 heavy (non-hydrogen) atoms. The standard InChI is InChI=1S/C55H46N2/c1-53(2)44-18-11-10-16-40(44)41-27-26-39(32-48(41)53)56(37-14-8-7-9-15-37)38-25-24-33-28-34(22-23-35(33)29-38)36-30-43-42-17-12-19-45-50(42)57-51(43)49(31-36)55(5,6)47-21-13-20-46(52(47)57)54(45,3)4/h8,10-32H,7,9H2,1-6H3. The summed E-state index contributed by atoms with van der Waals surface area (Å²) in [6.07, 6.45) is 9.15. The fourth-order valence-electron chi connectivity index (χ4n) is 11.2. The Morgan fingerprint density at radius 1 is 0.474 bits per heavy atom. The van der Waals surface area contributed by atoms with Crippen molar-refractivity contribution in [3.63, 3.8) is 0 Å². The first-order valence-electron chi connectivity index (χ1n) is 20.8. The number of aromatic nitrogens is 1. The van der Waals surface area contributed by atoms with Gasteiger partial charge in [-0.25, -0.2) is 0 Å². The molecule has 7 aromatic carbocycles. The molecule has 1 aromatic heterocycles. The van der Waals surface area contributed by atoms with Crippen molar-refractivity contribution in [3.05, 3.63) is 185 Å². The maximum absolute atomic E-state index is 2.62. The molecule has 0 unspecified atom stereocenters. The van der Waals surface area contributed by atoms with Gasteiger partial charge in [0.1, 0.15) is 0 Å². The van der Waals surface area contributed by atoms with E-state index in [4.69, 9.17) is 0 Å². The van der Waals surface area contributed by atoms with E-state index >= 15 is 0 Å². The summed E-state index contributed by atoms with van der Waals surface area (Å²) in [6.45, 7) is 14.4. The molecule has 0 spiro atoms. The molecule has 3 heterocycles. The third kappa shape index (κ3) is 4.26. The van der Waals surface area contributed by atoms with E-state index < -0.39 is 0 Å². The van der Waals surface area contributed by atoms with Crippen LogP contribution in [0.15, 0.2) is 151 Å². The number of hydrogen-bond donors (Lipinski definition) is 0. The van der Waals surface area contributed by atoms with Gasteiger partial charge >= 0.3 is 0 Å². The molecule has 0 radical (unpaired) electrons. The summed E-state index contributed by atoms with van der Waals surface area (Å²) in [5.74, 6) is 0. The first-order valence-corrected chi connectivity index (χ1v) is 20.8. The van der Waals surface area contributed by atoms with Gasteiger partial charge in [-0.15, -0.1) is 0 Å². The highest BCUT2D eigenvalue weighted by Crippen LogP contribution is 2.56. The Hall–Kier alpha value is -6.12. The number of rotatable bonds is 4. The van der Waals surface area contributed by atoms with Gasteiger partial charge in [-0.3, -0.25) is 0 Å². The van der Waals surface area contributed by atoms with Gasteiger partial charge in [0.15, 0.2) is 0 Å². The highest BCUT2D eigenvalue weighted by Gasteiger charge is 2.43. The first-order chi connectivity index (χ1) is 27.5. The van der Waals surface area contributed by atoms with Gasteiger partial charge in [0.05, 0.1) is 16.7 Å². The second kappa shape index (κ2) is 11.0. The van der Waals surface area contributed by atoms with Crippen molar-refractivity contribution in [2.75, 3.05) is 4.90 Å². The molecule has 0 amide bonds. The van der Waals surface area contributed by atoms with Crippen molar-refractivity contribution < 1.29 is 0 Å². The average molecular weight is 735 g/mol. The van der Waals surface area contributed by atoms with Gasteiger partial charge < -0.3 is 9.47 Å². The quantitative estimate of drug-likeness (QED) is 0.175. The van der Waals surface area contributed by atoms with Crippen molar-refractivity contribution in [2.24, 2.45) is 0 Å². The van der Waals surface area contributed by atoms with Crippen molar-refractivity contribution >= 4 is 44.0 Å². The van der Waals surface area contributed by atoms with Gasteiger partial charge in [-0.05, 0) is 128 Å². The summed E-state index contributed by atoms with van der Waals surface area (Å²) in [7, 11) is 0. The topological polar surface area (TPSA) is 8.17 Å². The molecule has 2 aliphatic carbocycles. The summed E-state index contributed by atoms with van der Waals surface area (Å²) >= 11 is 0. The zero-order valence-electron chi connectivity index (χ0n) is 33.7. The molecule has 0 bridgehead atoms. The predicted octanol–water partition coefficient (Wildman–Crippen LogP) is 14.6. The predicted molar refractivity (Wildman–Crippen MR) is 241 cm³/mol. The Kier molecular flexibility index (Phi) is 6.41. The number of anilines is 2. The van der Waals surface area contributed by atoms with Crippen LogP contribution in [0.25, 0.3) is 60.5 Å². The molecule has 0 fully saturated rings. The first kappa shape index (κ1) is 33.1. The molecule has 0 atom stereocenters. The Balaban J connectivity index is 0.999. The van der Waals surface area contributed by atoms with E-state index in [2.05, 4.69) is 197 Å². The maximum atomic E-state index is 2.62. The van der Waals surface area contributed by atoms with Crippen molar-refractivity contribution in [2.45, 2.75) is 70.6 Å². The monoisotopic (exact) mass is 734 g/mol. The Morgan fingerprint density at radius 3 is 1.95 bits per heavy atom. The molecule has 276 valence electrons. The molecule has 2 aliphatic heterocycles. The number of allylic oxidation sites excluding steroid dienone is 3. The maximum Gasteiger partial charge on any atom is 0.0582 e.